The van der Waals surface area contributed by atoms with Crippen molar-refractivity contribution in [2.45, 2.75) is 38.7 Å². The number of benzene rings is 1. The highest BCUT2D eigenvalue weighted by Crippen LogP contribution is 2.30. The third-order valence-electron chi connectivity index (χ3n) is 3.97. The zero-order valence-electron chi connectivity index (χ0n) is 12.4. The van der Waals surface area contributed by atoms with Crippen molar-refractivity contribution in [3.8, 4) is 5.75 Å². The molecule has 21 heavy (non-hydrogen) atoms. The summed E-state index contributed by atoms with van der Waals surface area (Å²) in [7, 11) is 1.95. The normalized spacial score (nSPS) is 17.2. The van der Waals surface area contributed by atoms with E-state index in [-0.39, 0.29) is 5.75 Å². The number of ether oxygens (including phenoxy) is 1. The van der Waals surface area contributed by atoms with Gasteiger partial charge >= 0.3 is 6.61 Å². The summed E-state index contributed by atoms with van der Waals surface area (Å²) in [5.41, 5.74) is 2.44. The molecule has 2 nitrogen and oxygen atoms in total. The van der Waals surface area contributed by atoms with Crippen LogP contribution in [-0.4, -0.2) is 20.2 Å². The lowest BCUT2D eigenvalue weighted by atomic mass is 9.83. The van der Waals surface area contributed by atoms with Crippen LogP contribution in [0.5, 0.6) is 5.75 Å². The molecule has 1 aliphatic carbocycles. The summed E-state index contributed by atoms with van der Waals surface area (Å²) in [6.45, 7) is -1.89. The molecule has 1 fully saturated rings. The van der Waals surface area contributed by atoms with E-state index in [1.54, 1.807) is 12.1 Å². The quantitative estimate of drug-likeness (QED) is 0.836. The average Bonchev–Trinajstić information content (AvgIpc) is 2.49. The molecule has 0 aromatic heterocycles. The van der Waals surface area contributed by atoms with Gasteiger partial charge in [-0.05, 0) is 43.5 Å². The molecule has 0 unspecified atom stereocenters. The molecule has 0 atom stereocenters. The van der Waals surface area contributed by atoms with Crippen molar-refractivity contribution in [3.05, 3.63) is 35.4 Å². The van der Waals surface area contributed by atoms with Gasteiger partial charge in [-0.3, -0.25) is 0 Å². The van der Waals surface area contributed by atoms with Gasteiger partial charge in [-0.15, -0.1) is 0 Å². The molecule has 1 saturated carbocycles. The predicted octanol–water partition coefficient (Wildman–Crippen LogP) is 4.47. The summed E-state index contributed by atoms with van der Waals surface area (Å²) in [4.78, 5) is 0. The van der Waals surface area contributed by atoms with E-state index in [1.165, 1.54) is 37.7 Å². The van der Waals surface area contributed by atoms with E-state index in [0.717, 1.165) is 12.1 Å². The van der Waals surface area contributed by atoms with Crippen molar-refractivity contribution in [1.82, 2.24) is 5.32 Å². The van der Waals surface area contributed by atoms with E-state index in [2.05, 4.69) is 16.1 Å². The third-order valence-corrected chi connectivity index (χ3v) is 3.97. The Morgan fingerprint density at radius 2 is 1.90 bits per heavy atom. The lowest BCUT2D eigenvalue weighted by Crippen LogP contribution is -2.19. The molecule has 0 heterocycles. The van der Waals surface area contributed by atoms with Crippen LogP contribution in [0.4, 0.5) is 8.78 Å². The molecule has 0 aliphatic heterocycles. The Labute approximate surface area is 125 Å². The number of nitrogens with one attached hydrogen (secondary N) is 1. The second-order valence-corrected chi connectivity index (χ2v) is 5.53. The van der Waals surface area contributed by atoms with Crippen molar-refractivity contribution in [1.29, 1.82) is 0 Å². The van der Waals surface area contributed by atoms with E-state index in [1.807, 2.05) is 19.2 Å². The van der Waals surface area contributed by atoms with Gasteiger partial charge in [0.05, 0.1) is 0 Å². The first-order valence-corrected chi connectivity index (χ1v) is 7.59. The topological polar surface area (TPSA) is 21.3 Å². The predicted molar refractivity (Wildman–Crippen MR) is 81.6 cm³/mol. The van der Waals surface area contributed by atoms with Crippen molar-refractivity contribution in [2.75, 3.05) is 13.6 Å². The van der Waals surface area contributed by atoms with Gasteiger partial charge in [-0.1, -0.05) is 43.0 Å². The molecular weight excluding hydrogens is 272 g/mol. The van der Waals surface area contributed by atoms with E-state index >= 15 is 0 Å². The van der Waals surface area contributed by atoms with Crippen molar-refractivity contribution in [3.63, 3.8) is 0 Å². The maximum absolute atomic E-state index is 12.1. The summed E-state index contributed by atoms with van der Waals surface area (Å²) < 4.78 is 28.6. The van der Waals surface area contributed by atoms with Crippen molar-refractivity contribution in [2.24, 2.45) is 5.92 Å². The Morgan fingerprint density at radius 1 is 1.24 bits per heavy atom. The Balaban J connectivity index is 2.09. The second-order valence-electron chi connectivity index (χ2n) is 5.53. The SMILES string of the molecule is CNC/C(=C/c1ccc(OC(F)F)cc1)C1CCCCC1. The molecule has 0 amide bonds. The number of halogens is 2. The lowest BCUT2D eigenvalue weighted by molar-refractivity contribution is -0.0498. The number of hydrogen-bond donors (Lipinski definition) is 1. The minimum Gasteiger partial charge on any atom is -0.435 e. The highest BCUT2D eigenvalue weighted by atomic mass is 19.3. The summed E-state index contributed by atoms with van der Waals surface area (Å²) in [6, 6.07) is 6.85. The smallest absolute Gasteiger partial charge is 0.387 e. The molecule has 1 aromatic carbocycles. The fraction of sp³-hybridized carbons (Fsp3) is 0.529. The largest absolute Gasteiger partial charge is 0.435 e. The van der Waals surface area contributed by atoms with Gasteiger partial charge < -0.3 is 10.1 Å². The second kappa shape index (κ2) is 8.13. The molecule has 2 rings (SSSR count). The molecular formula is C17H23F2NO. The van der Waals surface area contributed by atoms with Crippen LogP contribution >= 0.6 is 0 Å². The van der Waals surface area contributed by atoms with Crippen LogP contribution in [-0.2, 0) is 0 Å². The third kappa shape index (κ3) is 5.12. The molecule has 1 aromatic rings. The monoisotopic (exact) mass is 295 g/mol. The van der Waals surface area contributed by atoms with Crippen molar-refractivity contribution >= 4 is 6.08 Å². The number of hydrogen-bond acceptors (Lipinski definition) is 2. The number of alkyl halides is 2. The summed E-state index contributed by atoms with van der Waals surface area (Å²) in [6.07, 6.45) is 8.61. The molecule has 0 bridgehead atoms. The average molecular weight is 295 g/mol. The van der Waals surface area contributed by atoms with E-state index in [9.17, 15) is 8.78 Å². The molecule has 4 heteroatoms. The highest BCUT2D eigenvalue weighted by molar-refractivity contribution is 5.55. The Bertz CT molecular complexity index is 450. The van der Waals surface area contributed by atoms with E-state index in [4.69, 9.17) is 0 Å². The van der Waals surface area contributed by atoms with Crippen LogP contribution in [0, 0.1) is 5.92 Å². The number of likely N-dealkylation sites (N-methyl/N-ethyl adjacent to an activating group) is 1. The molecule has 0 radical (unpaired) electrons. The first-order chi connectivity index (χ1) is 10.2. The van der Waals surface area contributed by atoms with Gasteiger partial charge in [-0.25, -0.2) is 0 Å². The lowest BCUT2D eigenvalue weighted by Gasteiger charge is -2.24. The van der Waals surface area contributed by atoms with Gasteiger partial charge in [0, 0.05) is 6.54 Å². The fourth-order valence-corrected chi connectivity index (χ4v) is 2.95. The van der Waals surface area contributed by atoms with Gasteiger partial charge in [0.1, 0.15) is 5.75 Å². The van der Waals surface area contributed by atoms with Crippen LogP contribution in [0.1, 0.15) is 37.7 Å². The van der Waals surface area contributed by atoms with Crippen LogP contribution in [0.25, 0.3) is 6.08 Å². The van der Waals surface area contributed by atoms with Gasteiger partial charge in [-0.2, -0.15) is 8.78 Å². The number of rotatable bonds is 6. The van der Waals surface area contributed by atoms with Crippen LogP contribution in [0.15, 0.2) is 29.8 Å². The molecule has 0 spiro atoms. The van der Waals surface area contributed by atoms with Crippen LogP contribution < -0.4 is 10.1 Å². The fourth-order valence-electron chi connectivity index (χ4n) is 2.95. The molecule has 1 N–H and O–H groups in total. The van der Waals surface area contributed by atoms with Crippen LogP contribution in [0.3, 0.4) is 0 Å². The summed E-state index contributed by atoms with van der Waals surface area (Å²) in [5, 5.41) is 3.23. The Kier molecular flexibility index (Phi) is 6.18. The first kappa shape index (κ1) is 16.0. The Morgan fingerprint density at radius 3 is 2.48 bits per heavy atom. The molecule has 116 valence electrons. The highest BCUT2D eigenvalue weighted by Gasteiger charge is 2.17. The zero-order chi connectivity index (χ0) is 15.1. The van der Waals surface area contributed by atoms with Crippen molar-refractivity contribution < 1.29 is 13.5 Å². The zero-order valence-corrected chi connectivity index (χ0v) is 12.4. The van der Waals surface area contributed by atoms with Gasteiger partial charge in [0.25, 0.3) is 0 Å². The summed E-state index contributed by atoms with van der Waals surface area (Å²) in [5.74, 6) is 0.846. The summed E-state index contributed by atoms with van der Waals surface area (Å²) >= 11 is 0. The van der Waals surface area contributed by atoms with E-state index < -0.39 is 6.61 Å². The Hall–Kier alpha value is -1.42. The minimum atomic E-state index is -2.77. The molecule has 1 aliphatic rings. The maximum Gasteiger partial charge on any atom is 0.387 e. The maximum atomic E-state index is 12.1. The first-order valence-electron chi connectivity index (χ1n) is 7.59. The standard InChI is InChI=1S/C17H23F2NO/c1-20-12-15(14-5-3-2-4-6-14)11-13-7-9-16(10-8-13)21-17(18)19/h7-11,14,17,20H,2-6,12H2,1H3/b15-11-. The van der Waals surface area contributed by atoms with Gasteiger partial charge in [0.15, 0.2) is 0 Å². The minimum absolute atomic E-state index is 0.204. The van der Waals surface area contributed by atoms with Gasteiger partial charge in [0.2, 0.25) is 0 Å². The van der Waals surface area contributed by atoms with Crippen LogP contribution in [0.2, 0.25) is 0 Å². The van der Waals surface area contributed by atoms with E-state index in [0.29, 0.717) is 5.92 Å². The molecule has 0 saturated heterocycles.